The Labute approximate surface area is 80.4 Å². The zero-order valence-electron chi connectivity index (χ0n) is 9.00. The highest BCUT2D eigenvalue weighted by atomic mass is 16.6. The summed E-state index contributed by atoms with van der Waals surface area (Å²) in [6.45, 7) is 6.90. The Kier molecular flexibility index (Phi) is 6.59. The van der Waals surface area contributed by atoms with Gasteiger partial charge in [-0.05, 0) is 12.3 Å². The van der Waals surface area contributed by atoms with Crippen molar-refractivity contribution >= 4 is 5.97 Å². The first-order valence-corrected chi connectivity index (χ1v) is 4.79. The minimum atomic E-state index is -0.102. The van der Waals surface area contributed by atoms with Gasteiger partial charge < -0.3 is 9.47 Å². The number of hydrogen-bond donors (Lipinski definition) is 0. The molecule has 0 aromatic carbocycles. The summed E-state index contributed by atoms with van der Waals surface area (Å²) in [6.07, 6.45) is 0.837. The minimum absolute atomic E-state index is 0.0249. The molecule has 13 heavy (non-hydrogen) atoms. The summed E-state index contributed by atoms with van der Waals surface area (Å²) >= 11 is 0. The fourth-order valence-corrected chi connectivity index (χ4v) is 1.24. The molecular weight excluding hydrogens is 168 g/mol. The van der Waals surface area contributed by atoms with Crippen LogP contribution in [0, 0.1) is 11.8 Å². The number of rotatable bonds is 6. The van der Waals surface area contributed by atoms with Gasteiger partial charge in [0.1, 0.15) is 6.61 Å². The van der Waals surface area contributed by atoms with Gasteiger partial charge in [0.2, 0.25) is 0 Å². The molecular formula is C10H20O3. The lowest BCUT2D eigenvalue weighted by atomic mass is 9.94. The first-order chi connectivity index (χ1) is 6.13. The third kappa shape index (κ3) is 4.88. The van der Waals surface area contributed by atoms with Crippen LogP contribution in [-0.2, 0) is 14.3 Å². The van der Waals surface area contributed by atoms with Crippen LogP contribution >= 0.6 is 0 Å². The van der Waals surface area contributed by atoms with Crippen molar-refractivity contribution in [3.63, 3.8) is 0 Å². The van der Waals surface area contributed by atoms with E-state index in [0.29, 0.717) is 19.1 Å². The fourth-order valence-electron chi connectivity index (χ4n) is 1.24. The maximum absolute atomic E-state index is 11.4. The molecule has 0 rings (SSSR count). The van der Waals surface area contributed by atoms with Crippen molar-refractivity contribution in [2.75, 3.05) is 20.3 Å². The van der Waals surface area contributed by atoms with E-state index in [1.54, 1.807) is 7.11 Å². The highest BCUT2D eigenvalue weighted by Crippen LogP contribution is 2.16. The van der Waals surface area contributed by atoms with E-state index in [9.17, 15) is 4.79 Å². The third-order valence-electron chi connectivity index (χ3n) is 2.08. The molecule has 0 aromatic rings. The molecule has 0 spiro atoms. The Hall–Kier alpha value is -0.570. The van der Waals surface area contributed by atoms with Gasteiger partial charge in [-0.3, -0.25) is 4.79 Å². The average molecular weight is 188 g/mol. The second-order valence-electron chi connectivity index (χ2n) is 3.42. The molecule has 3 nitrogen and oxygen atoms in total. The molecule has 0 aromatic heterocycles. The van der Waals surface area contributed by atoms with Crippen molar-refractivity contribution in [3.05, 3.63) is 0 Å². The summed E-state index contributed by atoms with van der Waals surface area (Å²) in [5.41, 5.74) is 0. The van der Waals surface area contributed by atoms with Gasteiger partial charge >= 0.3 is 5.97 Å². The van der Waals surface area contributed by atoms with E-state index in [4.69, 9.17) is 9.47 Å². The van der Waals surface area contributed by atoms with Crippen molar-refractivity contribution in [3.8, 4) is 0 Å². The molecule has 0 fully saturated rings. The topological polar surface area (TPSA) is 35.5 Å². The molecule has 0 aliphatic carbocycles. The van der Waals surface area contributed by atoms with Crippen LogP contribution in [0.4, 0.5) is 0 Å². The number of methoxy groups -OCH3 is 1. The third-order valence-corrected chi connectivity index (χ3v) is 2.08. The zero-order valence-corrected chi connectivity index (χ0v) is 9.00. The van der Waals surface area contributed by atoms with Crippen LogP contribution in [0.15, 0.2) is 0 Å². The molecule has 3 heteroatoms. The maximum atomic E-state index is 11.4. The van der Waals surface area contributed by atoms with Gasteiger partial charge in [-0.15, -0.1) is 0 Å². The van der Waals surface area contributed by atoms with E-state index in [-0.39, 0.29) is 11.9 Å². The predicted molar refractivity (Wildman–Crippen MR) is 51.5 cm³/mol. The molecule has 0 radical (unpaired) electrons. The molecule has 1 atom stereocenters. The maximum Gasteiger partial charge on any atom is 0.309 e. The fraction of sp³-hybridized carbons (Fsp3) is 0.900. The van der Waals surface area contributed by atoms with E-state index in [1.165, 1.54) is 0 Å². The molecule has 0 heterocycles. The molecule has 0 aliphatic rings. The van der Waals surface area contributed by atoms with Crippen molar-refractivity contribution in [2.24, 2.45) is 11.8 Å². The molecule has 0 N–H and O–H groups in total. The van der Waals surface area contributed by atoms with Gasteiger partial charge in [-0.25, -0.2) is 0 Å². The van der Waals surface area contributed by atoms with Crippen LogP contribution in [0.1, 0.15) is 27.2 Å². The Morgan fingerprint density at radius 1 is 1.31 bits per heavy atom. The van der Waals surface area contributed by atoms with Crippen molar-refractivity contribution in [1.82, 2.24) is 0 Å². The summed E-state index contributed by atoms with van der Waals surface area (Å²) in [5.74, 6) is 0.270. The van der Waals surface area contributed by atoms with Crippen LogP contribution in [-0.4, -0.2) is 26.3 Å². The second kappa shape index (κ2) is 6.89. The van der Waals surface area contributed by atoms with Crippen LogP contribution in [0.2, 0.25) is 0 Å². The lowest BCUT2D eigenvalue weighted by Gasteiger charge is -2.17. The minimum Gasteiger partial charge on any atom is -0.463 e. The quantitative estimate of drug-likeness (QED) is 0.471. The molecule has 0 aliphatic heterocycles. The monoisotopic (exact) mass is 188 g/mol. The normalized spacial score (nSPS) is 13.0. The number of carbonyl (C=O) groups excluding carboxylic acids is 1. The molecule has 0 bridgehead atoms. The Balaban J connectivity index is 3.78. The highest BCUT2D eigenvalue weighted by Gasteiger charge is 2.21. The summed E-state index contributed by atoms with van der Waals surface area (Å²) in [6, 6.07) is 0. The van der Waals surface area contributed by atoms with Gasteiger partial charge in [0.25, 0.3) is 0 Å². The lowest BCUT2D eigenvalue weighted by Crippen LogP contribution is -2.23. The van der Waals surface area contributed by atoms with Crippen LogP contribution < -0.4 is 0 Å². The average Bonchev–Trinajstić information content (AvgIpc) is 2.05. The summed E-state index contributed by atoms with van der Waals surface area (Å²) < 4.78 is 9.82. The largest absolute Gasteiger partial charge is 0.463 e. The smallest absolute Gasteiger partial charge is 0.309 e. The van der Waals surface area contributed by atoms with E-state index in [0.717, 1.165) is 6.42 Å². The zero-order chi connectivity index (χ0) is 10.3. The Morgan fingerprint density at radius 2 is 1.92 bits per heavy atom. The van der Waals surface area contributed by atoms with E-state index < -0.39 is 0 Å². The molecule has 0 saturated carbocycles. The number of hydrogen-bond acceptors (Lipinski definition) is 3. The summed E-state index contributed by atoms with van der Waals surface area (Å²) in [4.78, 5) is 11.4. The first kappa shape index (κ1) is 12.4. The van der Waals surface area contributed by atoms with Gasteiger partial charge in [-0.2, -0.15) is 0 Å². The van der Waals surface area contributed by atoms with Crippen molar-refractivity contribution < 1.29 is 14.3 Å². The second-order valence-corrected chi connectivity index (χ2v) is 3.42. The van der Waals surface area contributed by atoms with Gasteiger partial charge in [0.05, 0.1) is 12.5 Å². The number of carbonyl (C=O) groups is 1. The Bertz CT molecular complexity index is 143. The predicted octanol–water partition coefficient (Wildman–Crippen LogP) is 1.86. The van der Waals surface area contributed by atoms with E-state index in [1.807, 2.05) is 20.8 Å². The van der Waals surface area contributed by atoms with Crippen LogP contribution in [0.5, 0.6) is 0 Å². The van der Waals surface area contributed by atoms with Crippen molar-refractivity contribution in [1.29, 1.82) is 0 Å². The summed E-state index contributed by atoms with van der Waals surface area (Å²) in [7, 11) is 1.59. The standard InChI is InChI=1S/C10H20O3/c1-5-9(8(2)3)10(11)13-7-6-12-4/h8-9H,5-7H2,1-4H3. The summed E-state index contributed by atoms with van der Waals surface area (Å²) in [5, 5.41) is 0. The SMILES string of the molecule is CCC(C(=O)OCCOC)C(C)C. The lowest BCUT2D eigenvalue weighted by molar-refractivity contribution is -0.151. The van der Waals surface area contributed by atoms with Crippen molar-refractivity contribution in [2.45, 2.75) is 27.2 Å². The van der Waals surface area contributed by atoms with Gasteiger partial charge in [-0.1, -0.05) is 20.8 Å². The van der Waals surface area contributed by atoms with Gasteiger partial charge in [0.15, 0.2) is 0 Å². The molecule has 1 unspecified atom stereocenters. The molecule has 0 saturated heterocycles. The van der Waals surface area contributed by atoms with Crippen LogP contribution in [0.3, 0.4) is 0 Å². The molecule has 78 valence electrons. The number of ether oxygens (including phenoxy) is 2. The molecule has 0 amide bonds. The number of esters is 1. The van der Waals surface area contributed by atoms with E-state index in [2.05, 4.69) is 0 Å². The highest BCUT2D eigenvalue weighted by molar-refractivity contribution is 5.72. The first-order valence-electron chi connectivity index (χ1n) is 4.79. The van der Waals surface area contributed by atoms with Crippen LogP contribution in [0.25, 0.3) is 0 Å². The Morgan fingerprint density at radius 3 is 2.31 bits per heavy atom. The van der Waals surface area contributed by atoms with E-state index >= 15 is 0 Å². The van der Waals surface area contributed by atoms with Gasteiger partial charge in [0, 0.05) is 7.11 Å².